The number of rotatable bonds is 17. The van der Waals surface area contributed by atoms with E-state index in [1.165, 1.54) is 38.2 Å². The summed E-state index contributed by atoms with van der Waals surface area (Å²) in [6, 6.07) is 0. The largest absolute Gasteiger partial charge is 1.00 e. The number of unbranched alkanes of at least 4 members (excludes halogenated alkanes) is 8. The Bertz CT molecular complexity index is 534. The summed E-state index contributed by atoms with van der Waals surface area (Å²) in [5.41, 5.74) is 0. The van der Waals surface area contributed by atoms with Crippen molar-refractivity contribution in [3.8, 4) is 0 Å². The van der Waals surface area contributed by atoms with Gasteiger partial charge < -0.3 is 14.0 Å². The van der Waals surface area contributed by atoms with Crippen molar-refractivity contribution in [3.63, 3.8) is 0 Å². The van der Waals surface area contributed by atoms with Crippen LogP contribution < -0.4 is 29.6 Å². The third-order valence-corrected chi connectivity index (χ3v) is 5.10. The second kappa shape index (κ2) is 18.6. The summed E-state index contributed by atoms with van der Waals surface area (Å²) in [5, 5.41) is -2.07. The molecule has 0 aromatic heterocycles. The normalized spacial score (nSPS) is 11.9. The van der Waals surface area contributed by atoms with Crippen molar-refractivity contribution in [1.29, 1.82) is 0 Å². The van der Waals surface area contributed by atoms with Crippen LogP contribution in [0.3, 0.4) is 0 Å². The molecule has 0 spiro atoms. The molecule has 9 heteroatoms. The zero-order valence-corrected chi connectivity index (χ0v) is 20.1. The quantitative estimate of drug-likeness (QED) is 0.109. The average molecular weight is 429 g/mol. The molecule has 0 aliphatic heterocycles. The van der Waals surface area contributed by atoms with Crippen LogP contribution in [-0.4, -0.2) is 43.4 Å². The predicted molar refractivity (Wildman–Crippen MR) is 102 cm³/mol. The molecule has 0 saturated heterocycles. The zero-order valence-electron chi connectivity index (χ0n) is 17.3. The van der Waals surface area contributed by atoms with Crippen LogP contribution in [0.5, 0.6) is 0 Å². The first-order chi connectivity index (χ1) is 12.8. The number of hydrogen-bond acceptors (Lipinski definition) is 7. The molecule has 7 nitrogen and oxygen atoms in total. The fraction of sp³-hybridized carbons (Fsp3) is 0.789. The Morgan fingerprint density at radius 2 is 1.50 bits per heavy atom. The number of ether oxygens (including phenoxy) is 2. The molecule has 0 fully saturated rings. The Morgan fingerprint density at radius 3 is 2.00 bits per heavy atom. The summed E-state index contributed by atoms with van der Waals surface area (Å²) >= 11 is 0. The molecule has 0 aliphatic rings. The second-order valence-electron chi connectivity index (χ2n) is 6.48. The van der Waals surface area contributed by atoms with E-state index in [1.54, 1.807) is 0 Å². The first kappa shape index (κ1) is 29.8. The number of hydrogen-bond donors (Lipinski definition) is 0. The predicted octanol–water partition coefficient (Wildman–Crippen LogP) is 0.488. The van der Waals surface area contributed by atoms with Crippen molar-refractivity contribution in [2.24, 2.45) is 0 Å². The maximum Gasteiger partial charge on any atom is 1.00 e. The van der Waals surface area contributed by atoms with Gasteiger partial charge in [-0.25, -0.2) is 8.42 Å². The maximum absolute atomic E-state index is 11.7. The van der Waals surface area contributed by atoms with Crippen LogP contribution in [0.25, 0.3) is 0 Å². The van der Waals surface area contributed by atoms with Crippen molar-refractivity contribution in [2.75, 3.05) is 13.2 Å². The van der Waals surface area contributed by atoms with Crippen LogP contribution in [0.15, 0.2) is 12.7 Å². The van der Waals surface area contributed by atoms with E-state index in [4.69, 9.17) is 4.74 Å². The molecule has 28 heavy (non-hydrogen) atoms. The molecule has 0 amide bonds. The van der Waals surface area contributed by atoms with E-state index in [-0.39, 0.29) is 42.8 Å². The molecule has 0 radical (unpaired) electrons. The molecule has 0 N–H and O–H groups in total. The van der Waals surface area contributed by atoms with Gasteiger partial charge in [0.15, 0.2) is 5.25 Å². The van der Waals surface area contributed by atoms with Crippen LogP contribution in [0.2, 0.25) is 0 Å². The molecule has 158 valence electrons. The fourth-order valence-corrected chi connectivity index (χ4v) is 3.09. The van der Waals surface area contributed by atoms with Crippen molar-refractivity contribution in [2.45, 2.75) is 82.8 Å². The first-order valence-corrected chi connectivity index (χ1v) is 11.2. The molecule has 0 heterocycles. The van der Waals surface area contributed by atoms with E-state index in [1.807, 2.05) is 0 Å². The van der Waals surface area contributed by atoms with E-state index >= 15 is 0 Å². The Morgan fingerprint density at radius 1 is 0.964 bits per heavy atom. The molecular formula is C19H33NaO7S. The van der Waals surface area contributed by atoms with Crippen LogP contribution in [-0.2, 0) is 29.2 Å². The van der Waals surface area contributed by atoms with E-state index < -0.39 is 33.7 Å². The summed E-state index contributed by atoms with van der Waals surface area (Å²) in [4.78, 5) is 23.4. The van der Waals surface area contributed by atoms with Gasteiger partial charge in [0.25, 0.3) is 0 Å². The Balaban J connectivity index is 0. The molecule has 0 bridgehead atoms. The third kappa shape index (κ3) is 16.5. The molecule has 0 saturated carbocycles. The van der Waals surface area contributed by atoms with Crippen LogP contribution in [0.1, 0.15) is 77.6 Å². The van der Waals surface area contributed by atoms with Gasteiger partial charge in [-0.05, 0) is 12.8 Å². The number of esters is 2. The van der Waals surface area contributed by atoms with Crippen molar-refractivity contribution in [1.82, 2.24) is 0 Å². The summed E-state index contributed by atoms with van der Waals surface area (Å²) in [7, 11) is -5.00. The molecule has 1 atom stereocenters. The number of carbonyl (C=O) groups excluding carboxylic acids is 2. The minimum absolute atomic E-state index is 0. The number of carbonyl (C=O) groups is 2. The van der Waals surface area contributed by atoms with Crippen LogP contribution in [0, 0.1) is 0 Å². The van der Waals surface area contributed by atoms with Crippen LogP contribution >= 0.6 is 0 Å². The molecule has 1 unspecified atom stereocenters. The topological polar surface area (TPSA) is 110 Å². The molecule has 0 rings (SSSR count). The van der Waals surface area contributed by atoms with Gasteiger partial charge in [0.1, 0.15) is 10.1 Å². The van der Waals surface area contributed by atoms with E-state index in [2.05, 4.69) is 18.2 Å². The van der Waals surface area contributed by atoms with Crippen LogP contribution in [0.4, 0.5) is 0 Å². The minimum Gasteiger partial charge on any atom is -0.747 e. The zero-order chi connectivity index (χ0) is 20.5. The molecule has 0 aromatic carbocycles. The van der Waals surface area contributed by atoms with Gasteiger partial charge in [-0.2, -0.15) is 0 Å². The first-order valence-electron chi connectivity index (χ1n) is 9.70. The van der Waals surface area contributed by atoms with Gasteiger partial charge in [0.05, 0.1) is 19.6 Å². The Hall–Kier alpha value is -0.410. The SMILES string of the molecule is C=CCCOC(=O)C(CC(=O)OCCCCCCCCCCC)S(=O)(=O)[O-].[Na+]. The summed E-state index contributed by atoms with van der Waals surface area (Å²) in [5.74, 6) is -2.12. The summed E-state index contributed by atoms with van der Waals surface area (Å²) in [6.07, 6.45) is 11.0. The second-order valence-corrected chi connectivity index (χ2v) is 8.03. The van der Waals surface area contributed by atoms with Gasteiger partial charge in [0.2, 0.25) is 0 Å². The minimum atomic E-state index is -5.00. The van der Waals surface area contributed by atoms with Crippen molar-refractivity contribution < 1.29 is 61.6 Å². The Kier molecular flexibility index (Phi) is 19.8. The van der Waals surface area contributed by atoms with E-state index in [9.17, 15) is 22.6 Å². The van der Waals surface area contributed by atoms with Gasteiger partial charge in [-0.3, -0.25) is 9.59 Å². The molecular weight excluding hydrogens is 395 g/mol. The van der Waals surface area contributed by atoms with Crippen molar-refractivity contribution >= 4 is 22.1 Å². The van der Waals surface area contributed by atoms with Gasteiger partial charge >= 0.3 is 41.5 Å². The summed E-state index contributed by atoms with van der Waals surface area (Å²) in [6.45, 7) is 5.66. The van der Waals surface area contributed by atoms with E-state index in [0.717, 1.165) is 19.3 Å². The van der Waals surface area contributed by atoms with Gasteiger partial charge in [-0.15, -0.1) is 6.58 Å². The molecule has 0 aromatic rings. The monoisotopic (exact) mass is 428 g/mol. The average Bonchev–Trinajstić information content (AvgIpc) is 2.60. The smallest absolute Gasteiger partial charge is 0.747 e. The van der Waals surface area contributed by atoms with E-state index in [0.29, 0.717) is 12.8 Å². The van der Waals surface area contributed by atoms with Gasteiger partial charge in [0, 0.05) is 0 Å². The van der Waals surface area contributed by atoms with Gasteiger partial charge in [-0.1, -0.05) is 64.4 Å². The molecule has 0 aliphatic carbocycles. The van der Waals surface area contributed by atoms with Crippen molar-refractivity contribution in [3.05, 3.63) is 12.7 Å². The summed E-state index contributed by atoms with van der Waals surface area (Å²) < 4.78 is 43.2. The Labute approximate surface area is 191 Å². The third-order valence-electron chi connectivity index (χ3n) is 4.04. The fourth-order valence-electron chi connectivity index (χ4n) is 2.45. The maximum atomic E-state index is 11.7. The standard InChI is InChI=1S/C19H34O7S.Na/c1-3-5-7-8-9-10-11-12-13-15-25-18(20)16-17(27(22,23)24)19(21)26-14-6-4-2;/h4,17H,2-3,5-16H2,1H3,(H,22,23,24);/q;+1/p-1.